The first-order chi connectivity index (χ1) is 16.4. The summed E-state index contributed by atoms with van der Waals surface area (Å²) >= 11 is 1.45. The van der Waals surface area contributed by atoms with Crippen molar-refractivity contribution in [3.05, 3.63) is 57.2 Å². The van der Waals surface area contributed by atoms with Gasteiger partial charge in [-0.3, -0.25) is 19.1 Å². The van der Waals surface area contributed by atoms with Crippen molar-refractivity contribution in [2.75, 3.05) is 29.6 Å². The summed E-state index contributed by atoms with van der Waals surface area (Å²) in [7, 11) is 1.51. The number of ether oxygens (including phenoxy) is 2. The van der Waals surface area contributed by atoms with Gasteiger partial charge in [-0.25, -0.2) is 9.59 Å². The molecule has 1 aromatic heterocycles. The Kier molecular flexibility index (Phi) is 5.78. The van der Waals surface area contributed by atoms with E-state index in [2.05, 4.69) is 10.3 Å². The monoisotopic (exact) mass is 482 g/mol. The van der Waals surface area contributed by atoms with E-state index < -0.39 is 17.3 Å². The molecule has 1 atom stereocenters. The molecular formula is C23H22N4O6S. The number of H-pyrrole nitrogens is 1. The van der Waals surface area contributed by atoms with Crippen LogP contribution in [0, 0.1) is 0 Å². The first-order valence-electron chi connectivity index (χ1n) is 10.8. The van der Waals surface area contributed by atoms with E-state index in [0.717, 1.165) is 9.46 Å². The highest BCUT2D eigenvalue weighted by atomic mass is 32.2. The number of carbonyl (C=O) groups excluding carboxylic acids is 2. The molecule has 2 aliphatic rings. The van der Waals surface area contributed by atoms with Crippen molar-refractivity contribution in [2.45, 2.75) is 30.4 Å². The van der Waals surface area contributed by atoms with E-state index in [1.54, 1.807) is 24.3 Å². The number of aromatic amines is 1. The maximum Gasteiger partial charge on any atom is 0.414 e. The van der Waals surface area contributed by atoms with Crippen molar-refractivity contribution < 1.29 is 19.1 Å². The molecule has 11 heteroatoms. The number of nitrogens with zero attached hydrogens (tertiary/aromatic N) is 2. The molecule has 0 aliphatic carbocycles. The Bertz CT molecular complexity index is 1410. The van der Waals surface area contributed by atoms with Gasteiger partial charge in [-0.15, -0.1) is 11.8 Å². The summed E-state index contributed by atoms with van der Waals surface area (Å²) in [5, 5.41) is 3.19. The molecule has 34 heavy (non-hydrogen) atoms. The first-order valence-corrected chi connectivity index (χ1v) is 11.8. The Hall–Kier alpha value is -3.73. The number of anilines is 2. The van der Waals surface area contributed by atoms with E-state index in [1.807, 2.05) is 12.1 Å². The van der Waals surface area contributed by atoms with E-state index in [9.17, 15) is 19.2 Å². The predicted molar refractivity (Wildman–Crippen MR) is 128 cm³/mol. The van der Waals surface area contributed by atoms with Gasteiger partial charge in [0.15, 0.2) is 0 Å². The van der Waals surface area contributed by atoms with Crippen molar-refractivity contribution in [1.29, 1.82) is 0 Å². The molecule has 0 spiro atoms. The minimum Gasteiger partial charge on any atom is -0.497 e. The van der Waals surface area contributed by atoms with Crippen molar-refractivity contribution in [2.24, 2.45) is 0 Å². The van der Waals surface area contributed by atoms with Gasteiger partial charge in [0.05, 0.1) is 36.0 Å². The normalized spacial score (nSPS) is 17.4. The van der Waals surface area contributed by atoms with Gasteiger partial charge in [-0.05, 0) is 49.2 Å². The van der Waals surface area contributed by atoms with Gasteiger partial charge in [-0.1, -0.05) is 0 Å². The highest BCUT2D eigenvalue weighted by Crippen LogP contribution is 2.35. The van der Waals surface area contributed by atoms with Crippen LogP contribution in [0.2, 0.25) is 0 Å². The van der Waals surface area contributed by atoms with E-state index >= 15 is 0 Å². The molecule has 5 rings (SSSR count). The fraction of sp³-hybridized carbons (Fsp3) is 0.304. The lowest BCUT2D eigenvalue weighted by molar-refractivity contribution is -0.113. The lowest BCUT2D eigenvalue weighted by Gasteiger charge is -2.20. The number of amides is 2. The molecular weight excluding hydrogens is 460 g/mol. The van der Waals surface area contributed by atoms with Gasteiger partial charge in [0.1, 0.15) is 11.9 Å². The SMILES string of the molecule is COc1ccc2[nH]c(=O)n(CCC[C@@H]3CN(c4ccc5c(c4)NC(=O)CS5)C(=O)O3)c(=O)c2c1. The van der Waals surface area contributed by atoms with E-state index in [0.29, 0.717) is 53.2 Å². The van der Waals surface area contributed by atoms with Crippen LogP contribution in [0.5, 0.6) is 5.75 Å². The standard InChI is InChI=1S/C23H22N4O6S/c1-32-14-5-6-17-16(10-14)21(29)26(22(30)25-17)8-2-3-15-11-27(23(31)33-15)13-4-7-19-18(9-13)24-20(28)12-34-19/h4-7,9-10,15H,2-3,8,11-12H2,1H3,(H,24,28)(H,25,30)/t15-/m1/s1. The van der Waals surface area contributed by atoms with Crippen molar-refractivity contribution >= 4 is 46.0 Å². The van der Waals surface area contributed by atoms with Gasteiger partial charge >= 0.3 is 11.8 Å². The second-order valence-corrected chi connectivity index (χ2v) is 9.09. The third-order valence-corrected chi connectivity index (χ3v) is 6.95. The molecule has 3 aromatic rings. The quantitative estimate of drug-likeness (QED) is 0.554. The second-order valence-electron chi connectivity index (χ2n) is 8.07. The average Bonchev–Trinajstić information content (AvgIpc) is 3.20. The van der Waals surface area contributed by atoms with Gasteiger partial charge in [0.2, 0.25) is 5.91 Å². The molecule has 176 valence electrons. The molecule has 2 amide bonds. The van der Waals surface area contributed by atoms with E-state index in [-0.39, 0.29) is 18.6 Å². The van der Waals surface area contributed by atoms with Crippen LogP contribution in [-0.4, -0.2) is 47.1 Å². The number of cyclic esters (lactones) is 1. The number of rotatable bonds is 6. The third-order valence-electron chi connectivity index (χ3n) is 5.88. The minimum atomic E-state index is -0.485. The number of carbonyl (C=O) groups is 2. The zero-order valence-corrected chi connectivity index (χ0v) is 19.1. The van der Waals surface area contributed by atoms with Crippen LogP contribution in [0.15, 0.2) is 50.9 Å². The van der Waals surface area contributed by atoms with Crippen molar-refractivity contribution in [3.8, 4) is 5.75 Å². The van der Waals surface area contributed by atoms with Gasteiger partial charge in [-0.2, -0.15) is 0 Å². The number of methoxy groups -OCH3 is 1. The van der Waals surface area contributed by atoms with Crippen LogP contribution >= 0.6 is 11.8 Å². The van der Waals surface area contributed by atoms with Crippen LogP contribution in [0.4, 0.5) is 16.2 Å². The lowest BCUT2D eigenvalue weighted by atomic mass is 10.1. The molecule has 0 bridgehead atoms. The van der Waals surface area contributed by atoms with E-state index in [4.69, 9.17) is 9.47 Å². The Morgan fingerprint density at radius 2 is 2.00 bits per heavy atom. The highest BCUT2D eigenvalue weighted by Gasteiger charge is 2.32. The van der Waals surface area contributed by atoms with Crippen molar-refractivity contribution in [3.63, 3.8) is 0 Å². The number of hydrogen-bond donors (Lipinski definition) is 2. The van der Waals surface area contributed by atoms with Crippen molar-refractivity contribution in [1.82, 2.24) is 9.55 Å². The third kappa shape index (κ3) is 4.14. The van der Waals surface area contributed by atoms with Crippen LogP contribution in [0.3, 0.4) is 0 Å². The molecule has 1 saturated heterocycles. The second kappa shape index (κ2) is 8.90. The van der Waals surface area contributed by atoms with Crippen LogP contribution in [0.25, 0.3) is 10.9 Å². The number of nitrogens with one attached hydrogen (secondary N) is 2. The van der Waals surface area contributed by atoms with Gasteiger partial charge in [0.25, 0.3) is 5.56 Å². The molecule has 3 heterocycles. The molecule has 0 saturated carbocycles. The number of benzene rings is 2. The fourth-order valence-electron chi connectivity index (χ4n) is 4.16. The summed E-state index contributed by atoms with van der Waals surface area (Å²) in [6.07, 6.45) is 0.124. The lowest BCUT2D eigenvalue weighted by Crippen LogP contribution is -2.35. The maximum absolute atomic E-state index is 12.8. The molecule has 10 nitrogen and oxygen atoms in total. The zero-order chi connectivity index (χ0) is 23.8. The minimum absolute atomic E-state index is 0.0751. The molecule has 2 aromatic carbocycles. The summed E-state index contributed by atoms with van der Waals surface area (Å²) < 4.78 is 11.8. The topological polar surface area (TPSA) is 123 Å². The van der Waals surface area contributed by atoms with Crippen LogP contribution in [-0.2, 0) is 16.1 Å². The molecule has 2 N–H and O–H groups in total. The summed E-state index contributed by atoms with van der Waals surface area (Å²) in [6, 6.07) is 10.4. The number of fused-ring (bicyclic) bond motifs is 2. The Morgan fingerprint density at radius 1 is 1.15 bits per heavy atom. The van der Waals surface area contributed by atoms with Gasteiger partial charge in [0, 0.05) is 17.1 Å². The molecule has 0 radical (unpaired) electrons. The summed E-state index contributed by atoms with van der Waals surface area (Å²) in [6.45, 7) is 0.538. The smallest absolute Gasteiger partial charge is 0.414 e. The first kappa shape index (κ1) is 22.1. The molecule has 0 unspecified atom stereocenters. The van der Waals surface area contributed by atoms with Crippen LogP contribution in [0.1, 0.15) is 12.8 Å². The highest BCUT2D eigenvalue weighted by molar-refractivity contribution is 8.00. The summed E-state index contributed by atoms with van der Waals surface area (Å²) in [4.78, 5) is 54.6. The van der Waals surface area contributed by atoms with Gasteiger partial charge < -0.3 is 19.8 Å². The largest absolute Gasteiger partial charge is 0.497 e. The number of thioether (sulfide) groups is 1. The van der Waals surface area contributed by atoms with E-state index in [1.165, 1.54) is 23.8 Å². The molecule has 1 fully saturated rings. The Balaban J connectivity index is 1.26. The summed E-state index contributed by atoms with van der Waals surface area (Å²) in [5.41, 5.74) is 0.900. The maximum atomic E-state index is 12.8. The molecule has 2 aliphatic heterocycles. The Morgan fingerprint density at radius 3 is 2.82 bits per heavy atom. The Labute approximate surface area is 197 Å². The predicted octanol–water partition coefficient (Wildman–Crippen LogP) is 2.55. The summed E-state index contributed by atoms with van der Waals surface area (Å²) in [5.74, 6) is 0.826. The number of hydrogen-bond acceptors (Lipinski definition) is 7. The zero-order valence-electron chi connectivity index (χ0n) is 18.3. The average molecular weight is 483 g/mol. The van der Waals surface area contributed by atoms with Crippen LogP contribution < -0.4 is 26.2 Å². The number of aromatic nitrogens is 2. The fourth-order valence-corrected chi connectivity index (χ4v) is 4.95.